The molecule has 58 heavy (non-hydrogen) atoms. The highest BCUT2D eigenvalue weighted by molar-refractivity contribution is 7.47. The first-order valence-electron chi connectivity index (χ1n) is 23.0. The Bertz CT molecular complexity index is 1220. The Labute approximate surface area is 356 Å². The minimum absolute atomic E-state index is 0.0355. The van der Waals surface area contributed by atoms with Crippen LogP contribution in [-0.4, -0.2) is 73.4 Å². The average molecular weight is 832 g/mol. The molecule has 0 bridgehead atoms. The van der Waals surface area contributed by atoms with Crippen molar-refractivity contribution in [3.8, 4) is 0 Å². The predicted molar refractivity (Wildman–Crippen MR) is 249 cm³/mol. The summed E-state index contributed by atoms with van der Waals surface area (Å²) in [6.45, 7) is 4.59. The van der Waals surface area contributed by atoms with Gasteiger partial charge < -0.3 is 19.8 Å². The second-order valence-corrected chi connectivity index (χ2v) is 17.9. The summed E-state index contributed by atoms with van der Waals surface area (Å²) in [5, 5.41) is 13.7. The van der Waals surface area contributed by atoms with Crippen molar-refractivity contribution in [2.45, 2.75) is 180 Å². The molecule has 0 rings (SSSR count). The summed E-state index contributed by atoms with van der Waals surface area (Å²) in [5.74, 6) is -0.317. The number of unbranched alkanes of at least 4 members (excludes halogenated alkanes) is 16. The second kappa shape index (κ2) is 40.1. The molecule has 0 heterocycles. The summed E-state index contributed by atoms with van der Waals surface area (Å²) in [7, 11) is 1.49. The molecule has 3 atom stereocenters. The number of carbonyl (C=O) groups excluding carboxylic acids is 1. The van der Waals surface area contributed by atoms with Crippen molar-refractivity contribution in [1.29, 1.82) is 0 Å². The molecule has 0 saturated carbocycles. The van der Waals surface area contributed by atoms with Gasteiger partial charge in [0.2, 0.25) is 5.91 Å². The number of hydrogen-bond donors (Lipinski definition) is 3. The second-order valence-electron chi connectivity index (χ2n) is 16.4. The van der Waals surface area contributed by atoms with Crippen LogP contribution in [0.4, 0.5) is 0 Å². The maximum atomic E-state index is 12.8. The number of likely N-dealkylation sites (N-methyl/N-ethyl adjacent to an activating group) is 1. The Balaban J connectivity index is 4.56. The van der Waals surface area contributed by atoms with Gasteiger partial charge in [0.15, 0.2) is 0 Å². The minimum atomic E-state index is -4.38. The van der Waals surface area contributed by atoms with Crippen LogP contribution in [-0.2, 0) is 18.4 Å². The Morgan fingerprint density at radius 2 is 1.05 bits per heavy atom. The number of quaternary nitrogens is 1. The first-order valence-corrected chi connectivity index (χ1v) is 24.5. The Kier molecular flexibility index (Phi) is 38.5. The quantitative estimate of drug-likeness (QED) is 0.0246. The Hall–Kier alpha value is -2.32. The molecule has 0 saturated heterocycles. The third kappa shape index (κ3) is 41.8. The molecule has 3 unspecified atom stereocenters. The average Bonchev–Trinajstić information content (AvgIpc) is 3.17. The molecular weight excluding hydrogens is 744 g/mol. The molecule has 334 valence electrons. The van der Waals surface area contributed by atoms with Gasteiger partial charge in [-0.25, -0.2) is 4.57 Å². The van der Waals surface area contributed by atoms with Crippen LogP contribution in [0.3, 0.4) is 0 Å². The van der Waals surface area contributed by atoms with Gasteiger partial charge in [-0.2, -0.15) is 0 Å². The van der Waals surface area contributed by atoms with Crippen LogP contribution in [0.2, 0.25) is 0 Å². The highest BCUT2D eigenvalue weighted by Gasteiger charge is 2.27. The fraction of sp³-hybridized carbons (Fsp3) is 0.694. The van der Waals surface area contributed by atoms with E-state index in [4.69, 9.17) is 9.05 Å². The number of allylic oxidation sites excluding steroid dienone is 12. The summed E-state index contributed by atoms with van der Waals surface area (Å²) in [5.41, 5.74) is 0. The van der Waals surface area contributed by atoms with Crippen LogP contribution in [0.15, 0.2) is 85.1 Å². The summed E-state index contributed by atoms with van der Waals surface area (Å²) in [6.07, 6.45) is 55.6. The van der Waals surface area contributed by atoms with Crippen molar-refractivity contribution < 1.29 is 32.9 Å². The molecule has 0 aliphatic heterocycles. The SMILES string of the molecule is CC/C=C\C/C=C\C/C=C\C/C=C\C/C=C\CC(=O)NC(COP(=O)(O)OCC[N+](C)(C)C)C(O)/C=C/CC/C=C/CCCCCCCCCCCCCCCCC. The number of nitrogens with zero attached hydrogens (tertiary/aromatic N) is 1. The number of nitrogens with one attached hydrogen (secondary N) is 1. The van der Waals surface area contributed by atoms with Gasteiger partial charge >= 0.3 is 7.82 Å². The minimum Gasteiger partial charge on any atom is -0.387 e. The number of amides is 1. The van der Waals surface area contributed by atoms with E-state index in [0.29, 0.717) is 17.4 Å². The van der Waals surface area contributed by atoms with E-state index in [9.17, 15) is 19.4 Å². The van der Waals surface area contributed by atoms with Gasteiger partial charge in [-0.3, -0.25) is 13.8 Å². The third-order valence-corrected chi connectivity index (χ3v) is 10.6. The fourth-order valence-electron chi connectivity index (χ4n) is 6.01. The van der Waals surface area contributed by atoms with E-state index in [-0.39, 0.29) is 25.5 Å². The topological polar surface area (TPSA) is 105 Å². The molecule has 1 amide bonds. The molecule has 0 aromatic heterocycles. The molecular formula is C49H88N2O6P+. The molecule has 3 N–H and O–H groups in total. The number of phosphoric ester groups is 1. The van der Waals surface area contributed by atoms with Crippen LogP contribution < -0.4 is 5.32 Å². The van der Waals surface area contributed by atoms with Crippen LogP contribution in [0.25, 0.3) is 0 Å². The Morgan fingerprint density at radius 3 is 1.55 bits per heavy atom. The lowest BCUT2D eigenvalue weighted by atomic mass is 10.0. The van der Waals surface area contributed by atoms with Gasteiger partial charge in [-0.05, 0) is 57.8 Å². The van der Waals surface area contributed by atoms with Crippen molar-refractivity contribution >= 4 is 13.7 Å². The zero-order valence-corrected chi connectivity index (χ0v) is 38.6. The van der Waals surface area contributed by atoms with Gasteiger partial charge in [-0.15, -0.1) is 0 Å². The molecule has 0 aliphatic rings. The first kappa shape index (κ1) is 55.7. The zero-order valence-electron chi connectivity index (χ0n) is 37.8. The number of carbonyl (C=O) groups is 1. The fourth-order valence-corrected chi connectivity index (χ4v) is 6.74. The summed E-state index contributed by atoms with van der Waals surface area (Å²) in [4.78, 5) is 23.0. The highest BCUT2D eigenvalue weighted by Crippen LogP contribution is 2.43. The molecule has 0 radical (unpaired) electrons. The maximum Gasteiger partial charge on any atom is 0.472 e. The number of phosphoric acid groups is 1. The number of hydrogen-bond acceptors (Lipinski definition) is 5. The van der Waals surface area contributed by atoms with E-state index < -0.39 is 20.0 Å². The van der Waals surface area contributed by atoms with E-state index in [2.05, 4.69) is 79.9 Å². The van der Waals surface area contributed by atoms with E-state index in [0.717, 1.165) is 44.9 Å². The number of aliphatic hydroxyl groups is 1. The number of aliphatic hydroxyl groups excluding tert-OH is 1. The highest BCUT2D eigenvalue weighted by atomic mass is 31.2. The molecule has 9 heteroatoms. The van der Waals surface area contributed by atoms with Crippen molar-refractivity contribution in [3.63, 3.8) is 0 Å². The molecule has 0 fully saturated rings. The largest absolute Gasteiger partial charge is 0.472 e. The molecule has 0 spiro atoms. The van der Waals surface area contributed by atoms with E-state index in [1.165, 1.54) is 96.3 Å². The van der Waals surface area contributed by atoms with Gasteiger partial charge in [-0.1, -0.05) is 189 Å². The summed E-state index contributed by atoms with van der Waals surface area (Å²) < 4.78 is 23.5. The lowest BCUT2D eigenvalue weighted by molar-refractivity contribution is -0.870. The van der Waals surface area contributed by atoms with Gasteiger partial charge in [0.05, 0.1) is 39.9 Å². The van der Waals surface area contributed by atoms with Crippen molar-refractivity contribution in [1.82, 2.24) is 5.32 Å². The van der Waals surface area contributed by atoms with Crippen LogP contribution in [0.5, 0.6) is 0 Å². The summed E-state index contributed by atoms with van der Waals surface area (Å²) >= 11 is 0. The Morgan fingerprint density at radius 1 is 0.603 bits per heavy atom. The van der Waals surface area contributed by atoms with Gasteiger partial charge in [0.25, 0.3) is 0 Å². The monoisotopic (exact) mass is 832 g/mol. The van der Waals surface area contributed by atoms with Gasteiger partial charge in [0, 0.05) is 6.42 Å². The first-order chi connectivity index (χ1) is 28.0. The van der Waals surface area contributed by atoms with E-state index in [1.54, 1.807) is 12.2 Å². The van der Waals surface area contributed by atoms with Crippen molar-refractivity contribution in [3.05, 3.63) is 85.1 Å². The number of rotatable bonds is 40. The van der Waals surface area contributed by atoms with Crippen LogP contribution in [0, 0.1) is 0 Å². The molecule has 0 aliphatic carbocycles. The van der Waals surface area contributed by atoms with Gasteiger partial charge in [0.1, 0.15) is 13.2 Å². The van der Waals surface area contributed by atoms with E-state index in [1.807, 2.05) is 33.3 Å². The lowest BCUT2D eigenvalue weighted by Gasteiger charge is -2.25. The lowest BCUT2D eigenvalue weighted by Crippen LogP contribution is -2.45. The third-order valence-electron chi connectivity index (χ3n) is 9.63. The summed E-state index contributed by atoms with van der Waals surface area (Å²) in [6, 6.07) is -0.922. The van der Waals surface area contributed by atoms with Crippen molar-refractivity contribution in [2.75, 3.05) is 40.9 Å². The van der Waals surface area contributed by atoms with Crippen LogP contribution in [0.1, 0.15) is 168 Å². The normalized spacial score (nSPS) is 15.1. The standard InChI is InChI=1S/C49H87N2O6P/c1-6-8-10-12-14-16-18-20-22-23-24-25-26-27-29-30-32-34-36-38-40-42-48(52)47(46-57-58(54,55)56-45-44-51(3,4)5)50-49(53)43-41-39-37-35-33-31-28-21-19-17-15-13-11-9-7-2/h9,11,15,17,21,28,32-35,39-42,47-48,52H,6-8,10,12-14,16,18-20,22-27,29-31,36-38,43-46H2,1-5H3,(H-,50,53,54,55)/p+1/b11-9-,17-15-,28-21-,34-32+,35-33-,41-39-,42-40+. The van der Waals surface area contributed by atoms with Crippen molar-refractivity contribution in [2.24, 2.45) is 0 Å². The molecule has 0 aromatic carbocycles. The predicted octanol–water partition coefficient (Wildman–Crippen LogP) is 13.0. The zero-order chi connectivity index (χ0) is 42.8. The van der Waals surface area contributed by atoms with E-state index >= 15 is 0 Å². The van der Waals surface area contributed by atoms with Crippen LogP contribution >= 0.6 is 7.82 Å². The maximum absolute atomic E-state index is 12.8. The molecule has 8 nitrogen and oxygen atoms in total. The smallest absolute Gasteiger partial charge is 0.387 e. The molecule has 0 aromatic rings.